The summed E-state index contributed by atoms with van der Waals surface area (Å²) in [6.07, 6.45) is 1.60. The zero-order chi connectivity index (χ0) is 9.30. The molecule has 0 unspecified atom stereocenters. The first-order valence-electron chi connectivity index (χ1n) is 3.79. The molecule has 0 fully saturated rings. The van der Waals surface area contributed by atoms with Gasteiger partial charge in [-0.2, -0.15) is 0 Å². The number of hydrogen-bond donors (Lipinski definition) is 2. The average Bonchev–Trinajstić information content (AvgIpc) is 1.96. The van der Waals surface area contributed by atoms with Crippen LogP contribution in [0.15, 0.2) is 17.1 Å². The summed E-state index contributed by atoms with van der Waals surface area (Å²) in [7, 11) is 0. The van der Waals surface area contributed by atoms with E-state index in [2.05, 4.69) is 0 Å². The fourth-order valence-electron chi connectivity index (χ4n) is 1.03. The van der Waals surface area contributed by atoms with E-state index in [1.165, 1.54) is 10.6 Å². The SMILES string of the molecule is CC(C)n1cc(N)cc(N)c1=O. The quantitative estimate of drug-likeness (QED) is 0.643. The Kier molecular flexibility index (Phi) is 2.08. The molecular weight excluding hydrogens is 154 g/mol. The molecule has 0 aliphatic heterocycles. The van der Waals surface area contributed by atoms with Crippen LogP contribution in [-0.2, 0) is 0 Å². The summed E-state index contributed by atoms with van der Waals surface area (Å²) in [6, 6.07) is 1.56. The molecule has 0 saturated carbocycles. The number of aromatic nitrogens is 1. The van der Waals surface area contributed by atoms with Gasteiger partial charge in [0.25, 0.3) is 5.56 Å². The standard InChI is InChI=1S/C8H13N3O/c1-5(2)11-4-6(9)3-7(10)8(11)12/h3-5H,9-10H2,1-2H3. The van der Waals surface area contributed by atoms with Crippen molar-refractivity contribution in [2.45, 2.75) is 19.9 Å². The van der Waals surface area contributed by atoms with Crippen molar-refractivity contribution in [3.8, 4) is 0 Å². The van der Waals surface area contributed by atoms with Crippen LogP contribution < -0.4 is 17.0 Å². The van der Waals surface area contributed by atoms with Gasteiger partial charge in [-0.1, -0.05) is 0 Å². The zero-order valence-corrected chi connectivity index (χ0v) is 7.24. The molecule has 12 heavy (non-hydrogen) atoms. The Morgan fingerprint density at radius 2 is 2.00 bits per heavy atom. The van der Waals surface area contributed by atoms with Crippen LogP contribution in [0.25, 0.3) is 0 Å². The number of anilines is 2. The molecule has 4 nitrogen and oxygen atoms in total. The van der Waals surface area contributed by atoms with E-state index in [1.807, 2.05) is 13.8 Å². The summed E-state index contributed by atoms with van der Waals surface area (Å²) in [4.78, 5) is 11.3. The van der Waals surface area contributed by atoms with Crippen LogP contribution in [-0.4, -0.2) is 4.57 Å². The zero-order valence-electron chi connectivity index (χ0n) is 7.24. The minimum atomic E-state index is -0.181. The summed E-state index contributed by atoms with van der Waals surface area (Å²) >= 11 is 0. The number of nitrogens with zero attached hydrogens (tertiary/aromatic N) is 1. The van der Waals surface area contributed by atoms with Gasteiger partial charge in [-0.25, -0.2) is 0 Å². The molecule has 0 spiro atoms. The minimum Gasteiger partial charge on any atom is -0.397 e. The molecule has 0 aliphatic carbocycles. The monoisotopic (exact) mass is 167 g/mol. The van der Waals surface area contributed by atoms with Gasteiger partial charge in [-0.3, -0.25) is 4.79 Å². The van der Waals surface area contributed by atoms with Crippen molar-refractivity contribution in [1.82, 2.24) is 4.57 Å². The molecule has 1 heterocycles. The maximum atomic E-state index is 11.3. The first-order valence-corrected chi connectivity index (χ1v) is 3.79. The van der Waals surface area contributed by atoms with Crippen LogP contribution in [0.3, 0.4) is 0 Å². The van der Waals surface area contributed by atoms with Crippen molar-refractivity contribution >= 4 is 11.4 Å². The predicted octanol–water partition coefficient (Wildman–Crippen LogP) is 0.594. The smallest absolute Gasteiger partial charge is 0.274 e. The number of hydrogen-bond acceptors (Lipinski definition) is 3. The van der Waals surface area contributed by atoms with Crippen molar-refractivity contribution in [1.29, 1.82) is 0 Å². The molecule has 1 rings (SSSR count). The Labute approximate surface area is 70.8 Å². The lowest BCUT2D eigenvalue weighted by Crippen LogP contribution is -2.24. The molecule has 0 saturated heterocycles. The lowest BCUT2D eigenvalue weighted by molar-refractivity contribution is 0.581. The lowest BCUT2D eigenvalue weighted by atomic mass is 10.3. The lowest BCUT2D eigenvalue weighted by Gasteiger charge is -2.10. The molecule has 0 aliphatic rings. The maximum absolute atomic E-state index is 11.3. The predicted molar refractivity (Wildman–Crippen MR) is 49.9 cm³/mol. The summed E-state index contributed by atoms with van der Waals surface area (Å²) in [5.74, 6) is 0. The van der Waals surface area contributed by atoms with Gasteiger partial charge in [0.1, 0.15) is 0 Å². The Morgan fingerprint density at radius 3 is 2.50 bits per heavy atom. The van der Waals surface area contributed by atoms with Gasteiger partial charge in [-0.05, 0) is 19.9 Å². The van der Waals surface area contributed by atoms with E-state index in [9.17, 15) is 4.79 Å². The second kappa shape index (κ2) is 2.89. The molecule has 1 aromatic rings. The van der Waals surface area contributed by atoms with Crippen LogP contribution in [0.2, 0.25) is 0 Å². The molecule has 0 amide bonds. The summed E-state index contributed by atoms with van der Waals surface area (Å²) in [5, 5.41) is 0. The number of pyridine rings is 1. The van der Waals surface area contributed by atoms with Gasteiger partial charge in [0, 0.05) is 12.2 Å². The fourth-order valence-corrected chi connectivity index (χ4v) is 1.03. The average molecular weight is 167 g/mol. The van der Waals surface area contributed by atoms with Crippen LogP contribution in [0.5, 0.6) is 0 Å². The highest BCUT2D eigenvalue weighted by Crippen LogP contribution is 2.07. The van der Waals surface area contributed by atoms with Gasteiger partial charge in [0.2, 0.25) is 0 Å². The molecule has 0 atom stereocenters. The van der Waals surface area contributed by atoms with E-state index in [0.29, 0.717) is 5.69 Å². The molecule has 1 aromatic heterocycles. The topological polar surface area (TPSA) is 74.0 Å². The van der Waals surface area contributed by atoms with E-state index in [4.69, 9.17) is 11.5 Å². The van der Waals surface area contributed by atoms with E-state index in [1.54, 1.807) is 6.20 Å². The Morgan fingerprint density at radius 1 is 1.42 bits per heavy atom. The highest BCUT2D eigenvalue weighted by atomic mass is 16.1. The summed E-state index contributed by atoms with van der Waals surface area (Å²) in [6.45, 7) is 3.81. The third-order valence-corrected chi connectivity index (χ3v) is 1.65. The van der Waals surface area contributed by atoms with Crippen LogP contribution in [0.1, 0.15) is 19.9 Å². The van der Waals surface area contributed by atoms with Crippen molar-refractivity contribution in [3.05, 3.63) is 22.6 Å². The highest BCUT2D eigenvalue weighted by Gasteiger charge is 2.04. The Balaban J connectivity index is 3.38. The van der Waals surface area contributed by atoms with Gasteiger partial charge in [0.15, 0.2) is 0 Å². The Bertz CT molecular complexity index is 341. The molecule has 0 aromatic carbocycles. The molecule has 4 N–H and O–H groups in total. The van der Waals surface area contributed by atoms with Crippen LogP contribution >= 0.6 is 0 Å². The van der Waals surface area contributed by atoms with E-state index in [-0.39, 0.29) is 17.3 Å². The number of rotatable bonds is 1. The highest BCUT2D eigenvalue weighted by molar-refractivity contribution is 5.48. The van der Waals surface area contributed by atoms with E-state index in [0.717, 1.165) is 0 Å². The molecular formula is C8H13N3O. The summed E-state index contributed by atoms with van der Waals surface area (Å²) < 4.78 is 1.52. The summed E-state index contributed by atoms with van der Waals surface area (Å²) in [5.41, 5.74) is 11.5. The van der Waals surface area contributed by atoms with Crippen LogP contribution in [0, 0.1) is 0 Å². The van der Waals surface area contributed by atoms with Crippen molar-refractivity contribution < 1.29 is 0 Å². The van der Waals surface area contributed by atoms with Gasteiger partial charge in [0.05, 0.1) is 11.4 Å². The molecule has 66 valence electrons. The largest absolute Gasteiger partial charge is 0.397 e. The Hall–Kier alpha value is -1.45. The first-order chi connectivity index (χ1) is 5.52. The van der Waals surface area contributed by atoms with E-state index >= 15 is 0 Å². The second-order valence-corrected chi connectivity index (χ2v) is 3.03. The van der Waals surface area contributed by atoms with Crippen molar-refractivity contribution in [3.63, 3.8) is 0 Å². The second-order valence-electron chi connectivity index (χ2n) is 3.03. The van der Waals surface area contributed by atoms with Gasteiger partial charge < -0.3 is 16.0 Å². The fraction of sp³-hybridized carbons (Fsp3) is 0.375. The van der Waals surface area contributed by atoms with E-state index < -0.39 is 0 Å². The number of nitrogens with two attached hydrogens (primary N) is 2. The third kappa shape index (κ3) is 1.42. The molecule has 4 heteroatoms. The first kappa shape index (κ1) is 8.64. The number of nitrogen functional groups attached to an aromatic ring is 2. The van der Waals surface area contributed by atoms with Crippen molar-refractivity contribution in [2.75, 3.05) is 11.5 Å². The van der Waals surface area contributed by atoms with Crippen LogP contribution in [0.4, 0.5) is 11.4 Å². The normalized spacial score (nSPS) is 10.6. The molecule has 0 bridgehead atoms. The van der Waals surface area contributed by atoms with Gasteiger partial charge >= 0.3 is 0 Å². The molecule has 0 radical (unpaired) electrons. The minimum absolute atomic E-state index is 0.0864. The third-order valence-electron chi connectivity index (χ3n) is 1.65. The maximum Gasteiger partial charge on any atom is 0.274 e. The van der Waals surface area contributed by atoms with Crippen molar-refractivity contribution in [2.24, 2.45) is 0 Å². The van der Waals surface area contributed by atoms with Gasteiger partial charge in [-0.15, -0.1) is 0 Å².